The summed E-state index contributed by atoms with van der Waals surface area (Å²) >= 11 is 3.51. The lowest BCUT2D eigenvalue weighted by molar-refractivity contribution is 0.670. The van der Waals surface area contributed by atoms with Crippen molar-refractivity contribution in [1.82, 2.24) is 0 Å². The zero-order chi connectivity index (χ0) is 17.9. The maximum Gasteiger partial charge on any atom is 0.143 e. The predicted molar refractivity (Wildman–Crippen MR) is 91.6 cm³/mol. The monoisotopic (exact) mass is 340 g/mol. The highest BCUT2D eigenvalue weighted by Crippen LogP contribution is 2.36. The summed E-state index contributed by atoms with van der Waals surface area (Å²) in [7, 11) is 0. The summed E-state index contributed by atoms with van der Waals surface area (Å²) in [5, 5.41) is 1.12. The molecule has 0 saturated heterocycles. The third-order valence-electron chi connectivity index (χ3n) is 3.49. The van der Waals surface area contributed by atoms with E-state index in [1.807, 2.05) is 43.3 Å². The van der Waals surface area contributed by atoms with E-state index in [1.165, 1.54) is 0 Å². The second kappa shape index (κ2) is 4.74. The van der Waals surface area contributed by atoms with Crippen LogP contribution in [-0.2, 0) is 0 Å². The third-order valence-corrected chi connectivity index (χ3v) is 3.95. The number of para-hydroxylation sites is 2. The highest BCUT2D eigenvalue weighted by molar-refractivity contribution is 9.10. The van der Waals surface area contributed by atoms with Crippen molar-refractivity contribution in [2.45, 2.75) is 6.92 Å². The first-order valence-electron chi connectivity index (χ1n) is 8.57. The molecule has 1 nitrogen and oxygen atoms in total. The van der Waals surface area contributed by atoms with Crippen molar-refractivity contribution in [3.63, 3.8) is 0 Å². The van der Waals surface area contributed by atoms with Gasteiger partial charge in [-0.25, -0.2) is 0 Å². The first-order chi connectivity index (χ1) is 11.9. The minimum Gasteiger partial charge on any atom is -0.455 e. The Hall–Kier alpha value is -2.06. The number of hydrogen-bond acceptors (Lipinski definition) is 1. The van der Waals surface area contributed by atoms with Crippen LogP contribution in [0.15, 0.2) is 69.5 Å². The molecule has 0 N–H and O–H groups in total. The molecule has 0 atom stereocenters. The molecule has 0 saturated carbocycles. The number of hydrogen-bond donors (Lipinski definition) is 0. The fourth-order valence-electron chi connectivity index (χ4n) is 2.63. The van der Waals surface area contributed by atoms with E-state index in [9.17, 15) is 0 Å². The van der Waals surface area contributed by atoms with Gasteiger partial charge in [-0.2, -0.15) is 0 Å². The third kappa shape index (κ3) is 2.07. The lowest BCUT2D eigenvalue weighted by Crippen LogP contribution is -1.81. The summed E-state index contributed by atoms with van der Waals surface area (Å²) in [6, 6.07) is 10.9. The zero-order valence-electron chi connectivity index (χ0n) is 15.3. The van der Waals surface area contributed by atoms with Crippen molar-refractivity contribution in [3.05, 3.63) is 70.6 Å². The van der Waals surface area contributed by atoms with Crippen molar-refractivity contribution in [3.8, 4) is 11.1 Å². The molecule has 4 aromatic rings. The van der Waals surface area contributed by atoms with E-state index < -0.39 is 0 Å². The van der Waals surface area contributed by atoms with Gasteiger partial charge in [-0.05, 0) is 36.2 Å². The second-order valence-corrected chi connectivity index (χ2v) is 5.92. The molecule has 0 aliphatic heterocycles. The minimum absolute atomic E-state index is 0.0719. The summed E-state index contributed by atoms with van der Waals surface area (Å²) in [6.45, 7) is 2.01. The summed E-state index contributed by atoms with van der Waals surface area (Å²) < 4.78 is 39.0. The number of aryl methyl sites for hydroxylation is 1. The molecule has 0 radical (unpaired) electrons. The first kappa shape index (κ1) is 9.06. The lowest BCUT2D eigenvalue weighted by atomic mass is 10.0. The molecule has 1 aromatic heterocycles. The van der Waals surface area contributed by atoms with Gasteiger partial charge in [-0.1, -0.05) is 58.3 Å². The quantitative estimate of drug-likeness (QED) is 0.395. The summed E-state index contributed by atoms with van der Waals surface area (Å²) in [6.07, 6.45) is 0. The van der Waals surface area contributed by atoms with Gasteiger partial charge < -0.3 is 4.42 Å². The Morgan fingerprint density at radius 3 is 2.76 bits per heavy atom. The van der Waals surface area contributed by atoms with E-state index in [-0.39, 0.29) is 29.8 Å². The van der Waals surface area contributed by atoms with Crippen LogP contribution in [0.3, 0.4) is 0 Å². The van der Waals surface area contributed by atoms with Crippen LogP contribution in [0.2, 0.25) is 0 Å². The van der Waals surface area contributed by atoms with Crippen LogP contribution in [0.5, 0.6) is 0 Å². The fraction of sp³-hybridized carbons (Fsp3) is 0.0526. The van der Waals surface area contributed by atoms with E-state index in [2.05, 4.69) is 15.9 Å². The van der Waals surface area contributed by atoms with Crippen molar-refractivity contribution in [2.75, 3.05) is 0 Å². The highest BCUT2D eigenvalue weighted by atomic mass is 79.9. The largest absolute Gasteiger partial charge is 0.455 e. The number of halogens is 1. The molecule has 0 fully saturated rings. The smallest absolute Gasteiger partial charge is 0.143 e. The van der Waals surface area contributed by atoms with Crippen molar-refractivity contribution < 1.29 is 9.90 Å². The number of fused-ring (bicyclic) bond motifs is 3. The van der Waals surface area contributed by atoms with E-state index in [0.717, 1.165) is 21.2 Å². The molecule has 1 heterocycles. The van der Waals surface area contributed by atoms with Gasteiger partial charge in [-0.15, -0.1) is 0 Å². The molecular weight excluding hydrogens is 324 g/mol. The molecule has 102 valence electrons. The lowest BCUT2D eigenvalue weighted by Gasteiger charge is -2.05. The molecule has 0 bridgehead atoms. The number of furan rings is 1. The van der Waals surface area contributed by atoms with Gasteiger partial charge >= 0.3 is 0 Å². The molecule has 3 aromatic carbocycles. The van der Waals surface area contributed by atoms with Crippen LogP contribution in [0.1, 0.15) is 11.0 Å². The summed E-state index contributed by atoms with van der Waals surface area (Å²) in [4.78, 5) is 0. The molecule has 0 unspecified atom stereocenters. The average Bonchev–Trinajstić information content (AvgIpc) is 2.96. The maximum atomic E-state index is 8.21. The van der Waals surface area contributed by atoms with Crippen LogP contribution in [0, 0.1) is 6.92 Å². The number of rotatable bonds is 1. The van der Waals surface area contributed by atoms with Crippen LogP contribution in [-0.4, -0.2) is 0 Å². The van der Waals surface area contributed by atoms with E-state index >= 15 is 0 Å². The SMILES string of the molecule is [2H]c1c([2H])c([2H])c2c(oc3c(-c4cc(C)cc(Br)c4)cccc32)c1[2H]. The molecule has 0 aliphatic rings. The Balaban J connectivity index is 2.16. The van der Waals surface area contributed by atoms with Crippen LogP contribution in [0.25, 0.3) is 33.1 Å². The van der Waals surface area contributed by atoms with Crippen molar-refractivity contribution >= 4 is 37.9 Å². The van der Waals surface area contributed by atoms with Crippen LogP contribution < -0.4 is 0 Å². The van der Waals surface area contributed by atoms with Crippen LogP contribution in [0.4, 0.5) is 0 Å². The topological polar surface area (TPSA) is 13.1 Å². The molecule has 0 amide bonds. The second-order valence-electron chi connectivity index (χ2n) is 5.01. The predicted octanol–water partition coefficient (Wildman–Crippen LogP) is 6.32. The first-order valence-corrected chi connectivity index (χ1v) is 7.37. The number of benzene rings is 3. The normalized spacial score (nSPS) is 14.0. The van der Waals surface area contributed by atoms with Gasteiger partial charge in [0.25, 0.3) is 0 Å². The van der Waals surface area contributed by atoms with Gasteiger partial charge in [0, 0.05) is 20.8 Å². The highest BCUT2D eigenvalue weighted by Gasteiger charge is 2.12. The minimum atomic E-state index is -0.281. The van der Waals surface area contributed by atoms with Crippen molar-refractivity contribution in [1.29, 1.82) is 0 Å². The molecule has 21 heavy (non-hydrogen) atoms. The molecule has 2 heteroatoms. The van der Waals surface area contributed by atoms with E-state index in [1.54, 1.807) is 0 Å². The Bertz CT molecular complexity index is 1140. The van der Waals surface area contributed by atoms with Gasteiger partial charge in [-0.3, -0.25) is 0 Å². The van der Waals surface area contributed by atoms with E-state index in [4.69, 9.17) is 9.90 Å². The molecule has 4 rings (SSSR count). The van der Waals surface area contributed by atoms with Gasteiger partial charge in [0.05, 0.1) is 5.48 Å². The maximum absolute atomic E-state index is 8.21. The van der Waals surface area contributed by atoms with Gasteiger partial charge in [0.15, 0.2) is 0 Å². The Kier molecular flexibility index (Phi) is 2.05. The fourth-order valence-corrected chi connectivity index (χ4v) is 3.24. The standard InChI is InChI=1S/C19H13BrO/c1-12-9-13(11-14(20)10-12)15-6-4-7-17-16-5-2-3-8-18(16)21-19(15)17/h2-11H,1H3/i2D,3D,5D,8D. The molecular formula is C19H13BrO. The van der Waals surface area contributed by atoms with Crippen LogP contribution >= 0.6 is 15.9 Å². The summed E-state index contributed by atoms with van der Waals surface area (Å²) in [5.41, 5.74) is 3.69. The zero-order valence-corrected chi connectivity index (χ0v) is 12.8. The molecule has 0 aliphatic carbocycles. The molecule has 0 spiro atoms. The average molecular weight is 341 g/mol. The van der Waals surface area contributed by atoms with Gasteiger partial charge in [0.1, 0.15) is 11.2 Å². The van der Waals surface area contributed by atoms with Gasteiger partial charge in [0.2, 0.25) is 0 Å². The summed E-state index contributed by atoms with van der Waals surface area (Å²) in [5.74, 6) is 0. The Morgan fingerprint density at radius 2 is 1.90 bits per heavy atom. The Labute approximate surface area is 136 Å². The Morgan fingerprint density at radius 1 is 1.05 bits per heavy atom. The van der Waals surface area contributed by atoms with Crippen molar-refractivity contribution in [2.24, 2.45) is 0 Å². The van der Waals surface area contributed by atoms with E-state index in [0.29, 0.717) is 16.4 Å².